The number of hydrogen-bond donors (Lipinski definition) is 0. The average molecular weight is 336 g/mol. The van der Waals surface area contributed by atoms with Gasteiger partial charge in [0.1, 0.15) is 0 Å². The molecule has 0 N–H and O–H groups in total. The average Bonchev–Trinajstić information content (AvgIpc) is 2.92. The third kappa shape index (κ3) is 2.94. The Kier molecular flexibility index (Phi) is 5.01. The minimum absolute atomic E-state index is 0.0529. The Bertz CT molecular complexity index is 597. The summed E-state index contributed by atoms with van der Waals surface area (Å²) in [6.07, 6.45) is 1.90. The van der Waals surface area contributed by atoms with Crippen LogP contribution in [0.3, 0.4) is 0 Å². The molecule has 2 atom stereocenters. The van der Waals surface area contributed by atoms with E-state index in [0.29, 0.717) is 19.2 Å². The SMILES string of the molecule is CSC1CN(C(=O)c2cc(F)c(F)c(F)c2F)CC1N(C)C. The van der Waals surface area contributed by atoms with E-state index in [0.717, 1.165) is 0 Å². The Morgan fingerprint density at radius 1 is 1.18 bits per heavy atom. The highest BCUT2D eigenvalue weighted by molar-refractivity contribution is 7.99. The summed E-state index contributed by atoms with van der Waals surface area (Å²) in [5.41, 5.74) is -0.782. The Hall–Kier alpha value is -1.28. The van der Waals surface area contributed by atoms with Gasteiger partial charge >= 0.3 is 0 Å². The maximum absolute atomic E-state index is 13.7. The first-order valence-electron chi connectivity index (χ1n) is 6.59. The minimum Gasteiger partial charge on any atom is -0.336 e. The number of carbonyl (C=O) groups is 1. The molecule has 1 amide bonds. The second-order valence-electron chi connectivity index (χ2n) is 5.36. The lowest BCUT2D eigenvalue weighted by atomic mass is 10.1. The molecule has 0 aromatic heterocycles. The maximum Gasteiger partial charge on any atom is 0.257 e. The minimum atomic E-state index is -1.96. The fourth-order valence-electron chi connectivity index (χ4n) is 2.55. The van der Waals surface area contributed by atoms with E-state index in [2.05, 4.69) is 0 Å². The maximum atomic E-state index is 13.7. The van der Waals surface area contributed by atoms with Gasteiger partial charge < -0.3 is 9.80 Å². The summed E-state index contributed by atoms with van der Waals surface area (Å²) >= 11 is 1.56. The lowest BCUT2D eigenvalue weighted by Gasteiger charge is -2.23. The van der Waals surface area contributed by atoms with Crippen molar-refractivity contribution < 1.29 is 22.4 Å². The standard InChI is InChI=1S/C14H16F4N2OS/c1-19(2)9-5-20(6-10(9)22-3)14(21)7-4-8(15)12(17)13(18)11(7)16/h4,9-10H,5-6H2,1-3H3. The predicted molar refractivity (Wildman–Crippen MR) is 77.0 cm³/mol. The summed E-state index contributed by atoms with van der Waals surface area (Å²) < 4.78 is 53.2. The zero-order valence-corrected chi connectivity index (χ0v) is 13.2. The van der Waals surface area contributed by atoms with Gasteiger partial charge in [-0.15, -0.1) is 0 Å². The number of hydrogen-bond acceptors (Lipinski definition) is 3. The molecular weight excluding hydrogens is 320 g/mol. The first-order chi connectivity index (χ1) is 10.3. The van der Waals surface area contributed by atoms with Crippen LogP contribution in [0.25, 0.3) is 0 Å². The van der Waals surface area contributed by atoms with E-state index in [1.54, 1.807) is 11.8 Å². The van der Waals surface area contributed by atoms with Crippen molar-refractivity contribution in [2.45, 2.75) is 11.3 Å². The molecule has 8 heteroatoms. The fourth-order valence-corrected chi connectivity index (χ4v) is 3.52. The number of carbonyl (C=O) groups excluding carboxylic acids is 1. The number of rotatable bonds is 3. The highest BCUT2D eigenvalue weighted by atomic mass is 32.2. The van der Waals surface area contributed by atoms with E-state index in [4.69, 9.17) is 0 Å². The lowest BCUT2D eigenvalue weighted by Crippen LogP contribution is -2.37. The van der Waals surface area contributed by atoms with Crippen molar-refractivity contribution in [3.8, 4) is 0 Å². The van der Waals surface area contributed by atoms with Gasteiger partial charge in [0.25, 0.3) is 5.91 Å². The van der Waals surface area contributed by atoms with Gasteiger partial charge in [0, 0.05) is 24.4 Å². The number of benzene rings is 1. The normalized spacial score (nSPS) is 21.7. The largest absolute Gasteiger partial charge is 0.336 e. The predicted octanol–water partition coefficient (Wildman–Crippen LogP) is 2.36. The molecule has 0 radical (unpaired) electrons. The van der Waals surface area contributed by atoms with E-state index >= 15 is 0 Å². The molecule has 2 unspecified atom stereocenters. The summed E-state index contributed by atoms with van der Waals surface area (Å²) in [7, 11) is 3.72. The summed E-state index contributed by atoms with van der Waals surface area (Å²) in [4.78, 5) is 15.6. The molecule has 0 bridgehead atoms. The molecule has 122 valence electrons. The number of halogens is 4. The first kappa shape index (κ1) is 17.1. The fraction of sp³-hybridized carbons (Fsp3) is 0.500. The van der Waals surface area contributed by atoms with Crippen LogP contribution < -0.4 is 0 Å². The van der Waals surface area contributed by atoms with Crippen molar-refractivity contribution in [3.63, 3.8) is 0 Å². The van der Waals surface area contributed by atoms with Crippen molar-refractivity contribution >= 4 is 17.7 Å². The number of nitrogens with zero attached hydrogens (tertiary/aromatic N) is 2. The summed E-state index contributed by atoms with van der Waals surface area (Å²) in [5.74, 6) is -7.94. The number of thioether (sulfide) groups is 1. The van der Waals surface area contributed by atoms with E-state index in [1.807, 2.05) is 25.3 Å². The Morgan fingerprint density at radius 3 is 2.32 bits per heavy atom. The molecule has 1 saturated heterocycles. The smallest absolute Gasteiger partial charge is 0.257 e. The van der Waals surface area contributed by atoms with Crippen molar-refractivity contribution in [2.75, 3.05) is 33.4 Å². The van der Waals surface area contributed by atoms with Crippen molar-refractivity contribution in [3.05, 3.63) is 34.9 Å². The van der Waals surface area contributed by atoms with Gasteiger partial charge in [0.05, 0.1) is 5.56 Å². The molecule has 0 saturated carbocycles. The van der Waals surface area contributed by atoms with E-state index in [9.17, 15) is 22.4 Å². The third-order valence-electron chi connectivity index (χ3n) is 3.82. The Labute approximate surface area is 130 Å². The van der Waals surface area contributed by atoms with Gasteiger partial charge in [-0.05, 0) is 26.4 Å². The van der Waals surface area contributed by atoms with E-state index in [1.165, 1.54) is 4.90 Å². The van der Waals surface area contributed by atoms with Crippen LogP contribution in [0.15, 0.2) is 6.07 Å². The number of likely N-dealkylation sites (N-methyl/N-ethyl adjacent to an activating group) is 1. The van der Waals surface area contributed by atoms with Gasteiger partial charge in [-0.1, -0.05) is 0 Å². The molecule has 1 aliphatic rings. The van der Waals surface area contributed by atoms with Crippen LogP contribution in [0, 0.1) is 23.3 Å². The third-order valence-corrected chi connectivity index (χ3v) is 4.89. The quantitative estimate of drug-likeness (QED) is 0.481. The zero-order valence-electron chi connectivity index (χ0n) is 12.4. The van der Waals surface area contributed by atoms with Gasteiger partial charge in [0.15, 0.2) is 23.3 Å². The number of likely N-dealkylation sites (tertiary alicyclic amines) is 1. The van der Waals surface area contributed by atoms with Crippen LogP contribution >= 0.6 is 11.8 Å². The summed E-state index contributed by atoms with van der Waals surface area (Å²) in [6.45, 7) is 0.653. The summed E-state index contributed by atoms with van der Waals surface area (Å²) in [6, 6.07) is 0.463. The highest BCUT2D eigenvalue weighted by Gasteiger charge is 2.37. The van der Waals surface area contributed by atoms with Gasteiger partial charge in [-0.3, -0.25) is 4.79 Å². The van der Waals surface area contributed by atoms with E-state index < -0.39 is 34.7 Å². The monoisotopic (exact) mass is 336 g/mol. The molecule has 2 rings (SSSR count). The first-order valence-corrected chi connectivity index (χ1v) is 7.88. The summed E-state index contributed by atoms with van der Waals surface area (Å²) in [5, 5.41) is 0.108. The molecule has 1 aliphatic heterocycles. The van der Waals surface area contributed by atoms with Crippen LogP contribution in [-0.2, 0) is 0 Å². The van der Waals surface area contributed by atoms with Crippen molar-refractivity contribution in [2.24, 2.45) is 0 Å². The second kappa shape index (κ2) is 6.45. The van der Waals surface area contributed by atoms with Gasteiger partial charge in [0.2, 0.25) is 0 Å². The lowest BCUT2D eigenvalue weighted by molar-refractivity contribution is 0.0776. The van der Waals surface area contributed by atoms with Crippen molar-refractivity contribution in [1.29, 1.82) is 0 Å². The van der Waals surface area contributed by atoms with Crippen LogP contribution in [-0.4, -0.2) is 60.4 Å². The molecule has 0 aliphatic carbocycles. The Morgan fingerprint density at radius 2 is 1.82 bits per heavy atom. The topological polar surface area (TPSA) is 23.6 Å². The molecule has 1 fully saturated rings. The van der Waals surface area contributed by atoms with Crippen LogP contribution in [0.2, 0.25) is 0 Å². The van der Waals surface area contributed by atoms with Crippen LogP contribution in [0.4, 0.5) is 17.6 Å². The van der Waals surface area contributed by atoms with E-state index in [-0.39, 0.29) is 11.3 Å². The van der Waals surface area contributed by atoms with Gasteiger partial charge in [-0.25, -0.2) is 17.6 Å². The molecule has 1 aromatic carbocycles. The molecule has 1 aromatic rings. The molecular formula is C14H16F4N2OS. The number of amides is 1. The highest BCUT2D eigenvalue weighted by Crippen LogP contribution is 2.27. The molecule has 3 nitrogen and oxygen atoms in total. The van der Waals surface area contributed by atoms with Gasteiger partial charge in [-0.2, -0.15) is 11.8 Å². The van der Waals surface area contributed by atoms with Crippen LogP contribution in [0.1, 0.15) is 10.4 Å². The zero-order chi connectivity index (χ0) is 16.6. The van der Waals surface area contributed by atoms with Crippen LogP contribution in [0.5, 0.6) is 0 Å². The second-order valence-corrected chi connectivity index (χ2v) is 6.44. The molecule has 22 heavy (non-hydrogen) atoms. The Balaban J connectivity index is 2.30. The van der Waals surface area contributed by atoms with Crippen molar-refractivity contribution in [1.82, 2.24) is 9.80 Å². The molecule has 0 spiro atoms. The molecule has 1 heterocycles.